The molecule has 29 heavy (non-hydrogen) atoms. The summed E-state index contributed by atoms with van der Waals surface area (Å²) in [5, 5.41) is 0. The topological polar surface area (TPSA) is 60.9 Å². The molecular formula is C23H24N2O4. The van der Waals surface area contributed by atoms with Crippen molar-refractivity contribution in [2.24, 2.45) is 0 Å². The summed E-state index contributed by atoms with van der Waals surface area (Å²) in [5.74, 6) is 2.13. The van der Waals surface area contributed by atoms with Gasteiger partial charge in [-0.3, -0.25) is 4.79 Å². The first-order valence-corrected chi connectivity index (χ1v) is 9.26. The first kappa shape index (κ1) is 20.2. The second-order valence-corrected chi connectivity index (χ2v) is 6.44. The molecule has 0 spiro atoms. The predicted octanol–water partition coefficient (Wildman–Crippen LogP) is 4.21. The monoisotopic (exact) mass is 392 g/mol. The van der Waals surface area contributed by atoms with Crippen LogP contribution in [0.2, 0.25) is 0 Å². The molecule has 6 nitrogen and oxygen atoms in total. The second-order valence-electron chi connectivity index (χ2n) is 6.44. The third-order valence-corrected chi connectivity index (χ3v) is 4.49. The maximum absolute atomic E-state index is 13.0. The molecule has 150 valence electrons. The Hall–Kier alpha value is -3.54. The molecule has 0 N–H and O–H groups in total. The van der Waals surface area contributed by atoms with E-state index in [1.807, 2.05) is 48.5 Å². The number of aromatic nitrogens is 1. The fraction of sp³-hybridized carbons (Fsp3) is 0.217. The van der Waals surface area contributed by atoms with Gasteiger partial charge < -0.3 is 19.1 Å². The van der Waals surface area contributed by atoms with Gasteiger partial charge in [-0.05, 0) is 48.4 Å². The molecule has 3 rings (SSSR count). The van der Waals surface area contributed by atoms with Gasteiger partial charge in [-0.2, -0.15) is 0 Å². The van der Waals surface area contributed by atoms with Gasteiger partial charge in [0.25, 0.3) is 5.91 Å². The quantitative estimate of drug-likeness (QED) is 0.575. The lowest BCUT2D eigenvalue weighted by molar-refractivity contribution is 0.0793. The van der Waals surface area contributed by atoms with Crippen molar-refractivity contribution in [3.05, 3.63) is 78.0 Å². The van der Waals surface area contributed by atoms with Crippen molar-refractivity contribution in [3.63, 3.8) is 0 Å². The van der Waals surface area contributed by atoms with Crippen LogP contribution in [0.3, 0.4) is 0 Å². The lowest BCUT2D eigenvalue weighted by Gasteiger charge is -2.19. The normalized spacial score (nSPS) is 10.3. The molecule has 6 heteroatoms. The van der Waals surface area contributed by atoms with Crippen molar-refractivity contribution in [3.8, 4) is 23.1 Å². The molecule has 0 saturated heterocycles. The number of pyridine rings is 1. The smallest absolute Gasteiger partial charge is 0.259 e. The molecule has 0 aliphatic carbocycles. The lowest BCUT2D eigenvalue weighted by Crippen LogP contribution is -2.29. The summed E-state index contributed by atoms with van der Waals surface area (Å²) < 4.78 is 16.4. The number of likely N-dealkylation sites (N-methyl/N-ethyl adjacent to an activating group) is 1. The van der Waals surface area contributed by atoms with E-state index in [2.05, 4.69) is 4.98 Å². The molecule has 0 radical (unpaired) electrons. The fourth-order valence-electron chi connectivity index (χ4n) is 2.88. The standard InChI is InChI=1S/C23H24N2O4/c1-25(15-13-17-11-12-20(27-2)21(16-17)28-3)23(26)19-10-7-14-24-22(19)29-18-8-5-4-6-9-18/h4-12,14,16H,13,15H2,1-3H3. The zero-order valence-electron chi connectivity index (χ0n) is 16.8. The maximum Gasteiger partial charge on any atom is 0.259 e. The highest BCUT2D eigenvalue weighted by Gasteiger charge is 2.18. The third kappa shape index (κ3) is 5.04. The lowest BCUT2D eigenvalue weighted by atomic mass is 10.1. The summed E-state index contributed by atoms with van der Waals surface area (Å²) in [7, 11) is 4.98. The highest BCUT2D eigenvalue weighted by molar-refractivity contribution is 5.96. The Morgan fingerprint density at radius 3 is 2.45 bits per heavy atom. The zero-order chi connectivity index (χ0) is 20.6. The van der Waals surface area contributed by atoms with Crippen LogP contribution in [0, 0.1) is 0 Å². The van der Waals surface area contributed by atoms with E-state index < -0.39 is 0 Å². The molecule has 0 aliphatic heterocycles. The van der Waals surface area contributed by atoms with E-state index >= 15 is 0 Å². The van der Waals surface area contributed by atoms with Crippen molar-refractivity contribution < 1.29 is 19.0 Å². The van der Waals surface area contributed by atoms with E-state index in [0.717, 1.165) is 5.56 Å². The van der Waals surface area contributed by atoms with Gasteiger partial charge in [0.1, 0.15) is 11.3 Å². The first-order chi connectivity index (χ1) is 14.1. The Kier molecular flexibility index (Phi) is 6.68. The van der Waals surface area contributed by atoms with Crippen LogP contribution < -0.4 is 14.2 Å². The van der Waals surface area contributed by atoms with Crippen molar-refractivity contribution in [1.82, 2.24) is 9.88 Å². The number of carbonyl (C=O) groups is 1. The largest absolute Gasteiger partial charge is 0.493 e. The summed E-state index contributed by atoms with van der Waals surface area (Å²) in [6.07, 6.45) is 2.29. The number of hydrogen-bond donors (Lipinski definition) is 0. The van der Waals surface area contributed by atoms with Gasteiger partial charge in [0.15, 0.2) is 11.5 Å². The van der Waals surface area contributed by atoms with Crippen LogP contribution in [-0.4, -0.2) is 43.6 Å². The van der Waals surface area contributed by atoms with E-state index in [1.165, 1.54) is 0 Å². The molecule has 0 aliphatic rings. The number of methoxy groups -OCH3 is 2. The molecule has 0 bridgehead atoms. The number of rotatable bonds is 8. The maximum atomic E-state index is 13.0. The number of hydrogen-bond acceptors (Lipinski definition) is 5. The fourth-order valence-corrected chi connectivity index (χ4v) is 2.88. The zero-order valence-corrected chi connectivity index (χ0v) is 16.8. The molecule has 1 aromatic heterocycles. The summed E-state index contributed by atoms with van der Waals surface area (Å²) >= 11 is 0. The van der Waals surface area contributed by atoms with Gasteiger partial charge in [-0.15, -0.1) is 0 Å². The Labute approximate surface area is 170 Å². The molecule has 1 amide bonds. The molecule has 2 aromatic carbocycles. The third-order valence-electron chi connectivity index (χ3n) is 4.49. The van der Waals surface area contributed by atoms with Gasteiger partial charge >= 0.3 is 0 Å². The van der Waals surface area contributed by atoms with Crippen LogP contribution in [0.25, 0.3) is 0 Å². The summed E-state index contributed by atoms with van der Waals surface area (Å²) in [6, 6.07) is 18.5. The molecule has 0 atom stereocenters. The van der Waals surface area contributed by atoms with Crippen molar-refractivity contribution >= 4 is 5.91 Å². The molecule has 3 aromatic rings. The molecule has 1 heterocycles. The number of carbonyl (C=O) groups excluding carboxylic acids is 1. The van der Waals surface area contributed by atoms with E-state index in [9.17, 15) is 4.79 Å². The van der Waals surface area contributed by atoms with E-state index in [4.69, 9.17) is 14.2 Å². The van der Waals surface area contributed by atoms with Gasteiger partial charge in [0.2, 0.25) is 5.88 Å². The van der Waals surface area contributed by atoms with Gasteiger partial charge in [-0.25, -0.2) is 4.98 Å². The Balaban J connectivity index is 1.69. The minimum Gasteiger partial charge on any atom is -0.493 e. The van der Waals surface area contributed by atoms with Crippen LogP contribution >= 0.6 is 0 Å². The van der Waals surface area contributed by atoms with Crippen molar-refractivity contribution in [1.29, 1.82) is 0 Å². The number of amides is 1. The van der Waals surface area contributed by atoms with E-state index in [1.54, 1.807) is 44.5 Å². The highest BCUT2D eigenvalue weighted by atomic mass is 16.5. The predicted molar refractivity (Wildman–Crippen MR) is 111 cm³/mol. The SMILES string of the molecule is COc1ccc(CCN(C)C(=O)c2cccnc2Oc2ccccc2)cc1OC. The number of para-hydroxylation sites is 1. The summed E-state index contributed by atoms with van der Waals surface area (Å²) in [4.78, 5) is 18.9. The van der Waals surface area contributed by atoms with Crippen LogP contribution in [0.4, 0.5) is 0 Å². The Morgan fingerprint density at radius 2 is 1.72 bits per heavy atom. The van der Waals surface area contributed by atoms with Gasteiger partial charge in [0, 0.05) is 19.8 Å². The molecule has 0 unspecified atom stereocenters. The number of ether oxygens (including phenoxy) is 3. The minimum atomic E-state index is -0.149. The summed E-state index contributed by atoms with van der Waals surface area (Å²) in [5.41, 5.74) is 1.47. The Bertz CT molecular complexity index is 960. The molecule has 0 fully saturated rings. The van der Waals surface area contributed by atoms with Crippen LogP contribution in [0.15, 0.2) is 66.9 Å². The van der Waals surface area contributed by atoms with E-state index in [-0.39, 0.29) is 5.91 Å². The van der Waals surface area contributed by atoms with Crippen molar-refractivity contribution in [2.45, 2.75) is 6.42 Å². The van der Waals surface area contributed by atoms with Crippen molar-refractivity contribution in [2.75, 3.05) is 27.8 Å². The van der Waals surface area contributed by atoms with Gasteiger partial charge in [-0.1, -0.05) is 24.3 Å². The second kappa shape index (κ2) is 9.59. The number of benzene rings is 2. The molecule has 0 saturated carbocycles. The van der Waals surface area contributed by atoms with Crippen LogP contribution in [0.1, 0.15) is 15.9 Å². The Morgan fingerprint density at radius 1 is 0.966 bits per heavy atom. The average Bonchev–Trinajstić information content (AvgIpc) is 2.77. The van der Waals surface area contributed by atoms with Crippen LogP contribution in [0.5, 0.6) is 23.1 Å². The summed E-state index contributed by atoms with van der Waals surface area (Å²) in [6.45, 7) is 0.536. The number of nitrogens with zero attached hydrogens (tertiary/aromatic N) is 2. The first-order valence-electron chi connectivity index (χ1n) is 9.26. The molecular weight excluding hydrogens is 368 g/mol. The van der Waals surface area contributed by atoms with E-state index in [0.29, 0.717) is 41.7 Å². The van der Waals surface area contributed by atoms with Gasteiger partial charge in [0.05, 0.1) is 14.2 Å². The van der Waals surface area contributed by atoms with Crippen LogP contribution in [-0.2, 0) is 6.42 Å². The minimum absolute atomic E-state index is 0.149. The average molecular weight is 392 g/mol. The highest BCUT2D eigenvalue weighted by Crippen LogP contribution is 2.28.